The molecular formula is C13H15N3O2. The van der Waals surface area contributed by atoms with Gasteiger partial charge in [-0.3, -0.25) is 0 Å². The SMILES string of the molecule is N#Cc1cccc(NC(=O)N2CCC(O)CC2)c1. The number of hydrogen-bond acceptors (Lipinski definition) is 3. The van der Waals surface area contributed by atoms with Crippen molar-refractivity contribution in [3.63, 3.8) is 0 Å². The zero-order valence-corrected chi connectivity index (χ0v) is 9.97. The molecule has 0 atom stereocenters. The maximum Gasteiger partial charge on any atom is 0.321 e. The van der Waals surface area contributed by atoms with Crippen molar-refractivity contribution >= 4 is 11.7 Å². The molecule has 0 bridgehead atoms. The molecule has 2 N–H and O–H groups in total. The topological polar surface area (TPSA) is 76.4 Å². The molecule has 0 aromatic heterocycles. The molecule has 0 aliphatic carbocycles. The van der Waals surface area contributed by atoms with Crippen LogP contribution in [0.1, 0.15) is 18.4 Å². The van der Waals surface area contributed by atoms with Gasteiger partial charge in [-0.15, -0.1) is 0 Å². The molecule has 1 aromatic carbocycles. The van der Waals surface area contributed by atoms with Crippen LogP contribution in [-0.2, 0) is 0 Å². The van der Waals surface area contributed by atoms with E-state index in [1.165, 1.54) is 0 Å². The van der Waals surface area contributed by atoms with E-state index < -0.39 is 0 Å². The van der Waals surface area contributed by atoms with E-state index in [9.17, 15) is 9.90 Å². The van der Waals surface area contributed by atoms with Gasteiger partial charge in [0.2, 0.25) is 0 Å². The van der Waals surface area contributed by atoms with Gasteiger partial charge in [0.15, 0.2) is 0 Å². The van der Waals surface area contributed by atoms with Crippen molar-refractivity contribution < 1.29 is 9.90 Å². The van der Waals surface area contributed by atoms with Crippen LogP contribution >= 0.6 is 0 Å². The fourth-order valence-corrected chi connectivity index (χ4v) is 1.94. The average molecular weight is 245 g/mol. The van der Waals surface area contributed by atoms with Crippen molar-refractivity contribution in [3.05, 3.63) is 29.8 Å². The zero-order valence-electron chi connectivity index (χ0n) is 9.97. The molecule has 0 spiro atoms. The minimum atomic E-state index is -0.295. The van der Waals surface area contributed by atoms with Crippen molar-refractivity contribution in [2.24, 2.45) is 0 Å². The Morgan fingerprint density at radius 3 is 2.83 bits per heavy atom. The smallest absolute Gasteiger partial charge is 0.321 e. The van der Waals surface area contributed by atoms with Crippen LogP contribution in [0.25, 0.3) is 0 Å². The lowest BCUT2D eigenvalue weighted by Gasteiger charge is -2.29. The minimum absolute atomic E-state index is 0.183. The fourth-order valence-electron chi connectivity index (χ4n) is 1.94. The molecule has 94 valence electrons. The number of nitriles is 1. The first-order chi connectivity index (χ1) is 8.69. The Hall–Kier alpha value is -2.06. The maximum absolute atomic E-state index is 11.9. The summed E-state index contributed by atoms with van der Waals surface area (Å²) in [5.74, 6) is 0. The number of carbonyl (C=O) groups excluding carboxylic acids is 1. The van der Waals surface area contributed by atoms with Crippen molar-refractivity contribution in [1.82, 2.24) is 4.90 Å². The van der Waals surface area contributed by atoms with E-state index in [4.69, 9.17) is 5.26 Å². The first kappa shape index (κ1) is 12.4. The van der Waals surface area contributed by atoms with Crippen LogP contribution in [-0.4, -0.2) is 35.2 Å². The number of benzene rings is 1. The van der Waals surface area contributed by atoms with Crippen LogP contribution in [0, 0.1) is 11.3 Å². The Labute approximate surface area is 106 Å². The summed E-state index contributed by atoms with van der Waals surface area (Å²) in [7, 11) is 0. The zero-order chi connectivity index (χ0) is 13.0. The van der Waals surface area contributed by atoms with E-state index in [0.29, 0.717) is 37.2 Å². The molecule has 18 heavy (non-hydrogen) atoms. The number of urea groups is 1. The lowest BCUT2D eigenvalue weighted by molar-refractivity contribution is 0.0972. The predicted molar refractivity (Wildman–Crippen MR) is 67.0 cm³/mol. The van der Waals surface area contributed by atoms with Gasteiger partial charge in [0.25, 0.3) is 0 Å². The van der Waals surface area contributed by atoms with Gasteiger partial charge in [-0.2, -0.15) is 5.26 Å². The number of rotatable bonds is 1. The van der Waals surface area contributed by atoms with Crippen molar-refractivity contribution in [2.45, 2.75) is 18.9 Å². The highest BCUT2D eigenvalue weighted by atomic mass is 16.3. The first-order valence-corrected chi connectivity index (χ1v) is 5.93. The number of anilines is 1. The quantitative estimate of drug-likeness (QED) is 0.788. The lowest BCUT2D eigenvalue weighted by atomic mass is 10.1. The van der Waals surface area contributed by atoms with Gasteiger partial charge in [0.05, 0.1) is 17.7 Å². The molecular weight excluding hydrogens is 230 g/mol. The van der Waals surface area contributed by atoms with Crippen LogP contribution in [0.5, 0.6) is 0 Å². The first-order valence-electron chi connectivity index (χ1n) is 5.93. The summed E-state index contributed by atoms with van der Waals surface area (Å²) in [6.07, 6.45) is 0.938. The van der Waals surface area contributed by atoms with E-state index in [-0.39, 0.29) is 12.1 Å². The summed E-state index contributed by atoms with van der Waals surface area (Å²) in [5, 5.41) is 20.9. The standard InChI is InChI=1S/C13H15N3O2/c14-9-10-2-1-3-11(8-10)15-13(18)16-6-4-12(17)5-7-16/h1-3,8,12,17H,4-7H2,(H,15,18). The highest BCUT2D eigenvalue weighted by Gasteiger charge is 2.21. The Balaban J connectivity index is 1.96. The van der Waals surface area contributed by atoms with Crippen molar-refractivity contribution in [3.8, 4) is 6.07 Å². The number of aliphatic hydroxyl groups excluding tert-OH is 1. The Bertz CT molecular complexity index is 473. The average Bonchev–Trinajstić information content (AvgIpc) is 2.39. The number of nitrogens with zero attached hydrogens (tertiary/aromatic N) is 2. The lowest BCUT2D eigenvalue weighted by Crippen LogP contribution is -2.42. The molecule has 0 radical (unpaired) electrons. The van der Waals surface area contributed by atoms with Gasteiger partial charge in [-0.25, -0.2) is 4.79 Å². The number of hydrogen-bond donors (Lipinski definition) is 2. The van der Waals surface area contributed by atoms with E-state index in [1.54, 1.807) is 29.2 Å². The molecule has 1 fully saturated rings. The molecule has 1 heterocycles. The van der Waals surface area contributed by atoms with Gasteiger partial charge in [0, 0.05) is 18.8 Å². The third kappa shape index (κ3) is 2.99. The van der Waals surface area contributed by atoms with Gasteiger partial charge in [-0.1, -0.05) is 6.07 Å². The van der Waals surface area contributed by atoms with Gasteiger partial charge >= 0.3 is 6.03 Å². The van der Waals surface area contributed by atoms with E-state index in [0.717, 1.165) is 0 Å². The monoisotopic (exact) mass is 245 g/mol. The second-order valence-electron chi connectivity index (χ2n) is 4.34. The van der Waals surface area contributed by atoms with Crippen LogP contribution in [0.4, 0.5) is 10.5 Å². The highest BCUT2D eigenvalue weighted by Crippen LogP contribution is 2.14. The maximum atomic E-state index is 11.9. The van der Waals surface area contributed by atoms with Crippen LogP contribution in [0.3, 0.4) is 0 Å². The van der Waals surface area contributed by atoms with E-state index in [2.05, 4.69) is 5.32 Å². The second-order valence-corrected chi connectivity index (χ2v) is 4.34. The fraction of sp³-hybridized carbons (Fsp3) is 0.385. The summed E-state index contributed by atoms with van der Waals surface area (Å²) < 4.78 is 0. The Morgan fingerprint density at radius 1 is 1.44 bits per heavy atom. The predicted octanol–water partition coefficient (Wildman–Crippen LogP) is 1.55. The molecule has 0 saturated carbocycles. The Kier molecular flexibility index (Phi) is 3.80. The third-order valence-electron chi connectivity index (χ3n) is 2.99. The molecule has 5 heteroatoms. The minimum Gasteiger partial charge on any atom is -0.393 e. The van der Waals surface area contributed by atoms with Crippen molar-refractivity contribution in [1.29, 1.82) is 5.26 Å². The number of carbonyl (C=O) groups is 1. The summed E-state index contributed by atoms with van der Waals surface area (Å²) in [6, 6.07) is 8.65. The molecule has 1 saturated heterocycles. The van der Waals surface area contributed by atoms with Crippen LogP contribution < -0.4 is 5.32 Å². The van der Waals surface area contributed by atoms with Crippen LogP contribution in [0.2, 0.25) is 0 Å². The summed E-state index contributed by atoms with van der Waals surface area (Å²) in [6.45, 7) is 1.12. The molecule has 5 nitrogen and oxygen atoms in total. The largest absolute Gasteiger partial charge is 0.393 e. The third-order valence-corrected chi connectivity index (χ3v) is 2.99. The molecule has 2 rings (SSSR count). The normalized spacial score (nSPS) is 16.1. The number of aliphatic hydroxyl groups is 1. The van der Waals surface area contributed by atoms with Gasteiger partial charge < -0.3 is 15.3 Å². The summed E-state index contributed by atoms with van der Waals surface area (Å²) in [4.78, 5) is 13.6. The second kappa shape index (κ2) is 5.52. The Morgan fingerprint density at radius 2 is 2.17 bits per heavy atom. The molecule has 1 aliphatic heterocycles. The van der Waals surface area contributed by atoms with Crippen molar-refractivity contribution in [2.75, 3.05) is 18.4 Å². The van der Waals surface area contributed by atoms with Gasteiger partial charge in [0.1, 0.15) is 0 Å². The van der Waals surface area contributed by atoms with Crippen LogP contribution in [0.15, 0.2) is 24.3 Å². The summed E-state index contributed by atoms with van der Waals surface area (Å²) >= 11 is 0. The molecule has 2 amide bonds. The number of amides is 2. The molecule has 0 unspecified atom stereocenters. The highest BCUT2D eigenvalue weighted by molar-refractivity contribution is 5.89. The van der Waals surface area contributed by atoms with E-state index in [1.807, 2.05) is 6.07 Å². The van der Waals surface area contributed by atoms with Gasteiger partial charge in [-0.05, 0) is 31.0 Å². The molecule has 1 aliphatic rings. The molecule has 1 aromatic rings. The van der Waals surface area contributed by atoms with E-state index >= 15 is 0 Å². The number of nitrogens with one attached hydrogen (secondary N) is 1. The number of likely N-dealkylation sites (tertiary alicyclic amines) is 1. The number of piperidine rings is 1. The summed E-state index contributed by atoms with van der Waals surface area (Å²) in [5.41, 5.74) is 1.13.